The van der Waals surface area contributed by atoms with E-state index in [-0.39, 0.29) is 12.3 Å². The van der Waals surface area contributed by atoms with Crippen LogP contribution >= 0.6 is 23.2 Å². The molecule has 0 aliphatic carbocycles. The van der Waals surface area contributed by atoms with E-state index < -0.39 is 12.5 Å². The van der Waals surface area contributed by atoms with Crippen molar-refractivity contribution in [1.29, 1.82) is 0 Å². The second kappa shape index (κ2) is 6.63. The first-order valence-electron chi connectivity index (χ1n) is 7.10. The number of aliphatic carboxylic acids is 1. The molecule has 0 bridgehead atoms. The van der Waals surface area contributed by atoms with Crippen LogP contribution in [-0.4, -0.2) is 29.2 Å². The van der Waals surface area contributed by atoms with Crippen molar-refractivity contribution in [1.82, 2.24) is 0 Å². The Hall–Kier alpha value is -2.37. The average Bonchev–Trinajstić information content (AvgIpc) is 2.67. The first kappa shape index (κ1) is 16.5. The zero-order valence-corrected chi connectivity index (χ0v) is 13.9. The summed E-state index contributed by atoms with van der Waals surface area (Å²) in [5.74, 6) is -1.43. The van der Waals surface area contributed by atoms with Crippen molar-refractivity contribution in [2.75, 3.05) is 11.4 Å². The molecule has 1 N–H and O–H groups in total. The number of carboxylic acids is 1. The summed E-state index contributed by atoms with van der Waals surface area (Å²) >= 11 is 12.0. The summed E-state index contributed by atoms with van der Waals surface area (Å²) in [6, 6.07) is 11.9. The van der Waals surface area contributed by atoms with Gasteiger partial charge in [0.25, 0.3) is 0 Å². The van der Waals surface area contributed by atoms with Crippen LogP contribution in [-0.2, 0) is 9.59 Å². The Morgan fingerprint density at radius 2 is 1.92 bits per heavy atom. The summed E-state index contributed by atoms with van der Waals surface area (Å²) in [6.45, 7) is -0.417. The third-order valence-corrected chi connectivity index (χ3v) is 4.33. The number of carbonyl (C=O) groups excluding carboxylic acids is 1. The van der Waals surface area contributed by atoms with Crippen LogP contribution < -0.4 is 4.90 Å². The number of fused-ring (bicyclic) bond motifs is 1. The van der Waals surface area contributed by atoms with Crippen molar-refractivity contribution in [2.24, 2.45) is 4.99 Å². The minimum absolute atomic E-state index is 0.0279. The van der Waals surface area contributed by atoms with Gasteiger partial charge < -0.3 is 5.11 Å². The maximum Gasteiger partial charge on any atom is 0.323 e. The minimum Gasteiger partial charge on any atom is -0.480 e. The number of carbonyl (C=O) groups is 2. The highest BCUT2D eigenvalue weighted by molar-refractivity contribution is 6.42. The number of hydrogen-bond acceptors (Lipinski definition) is 3. The molecule has 1 aliphatic heterocycles. The normalized spacial score (nSPS) is 14.0. The van der Waals surface area contributed by atoms with Crippen molar-refractivity contribution in [3.05, 3.63) is 58.1 Å². The minimum atomic E-state index is -1.09. The van der Waals surface area contributed by atoms with E-state index in [9.17, 15) is 9.59 Å². The molecule has 1 amide bonds. The molecule has 0 unspecified atom stereocenters. The Morgan fingerprint density at radius 3 is 2.62 bits per heavy atom. The van der Waals surface area contributed by atoms with Gasteiger partial charge in [-0.3, -0.25) is 19.5 Å². The topological polar surface area (TPSA) is 70.0 Å². The summed E-state index contributed by atoms with van der Waals surface area (Å²) in [7, 11) is 0. The molecular formula is C17H12Cl2N2O3. The maximum absolute atomic E-state index is 12.6. The van der Waals surface area contributed by atoms with Crippen molar-refractivity contribution in [2.45, 2.75) is 6.42 Å². The number of anilines is 1. The fourth-order valence-electron chi connectivity index (χ4n) is 2.50. The molecule has 3 rings (SSSR count). The Kier molecular flexibility index (Phi) is 4.55. The third-order valence-electron chi connectivity index (χ3n) is 3.59. The molecule has 1 heterocycles. The standard InChI is InChI=1S/C17H12Cl2N2O3/c18-11-6-5-10(7-12(11)19)14-8-16(22)21(9-17(23)24)15-4-2-1-3-13(15)20-14/h1-7H,8-9H2,(H,23,24). The lowest BCUT2D eigenvalue weighted by molar-refractivity contribution is -0.136. The summed E-state index contributed by atoms with van der Waals surface area (Å²) in [5.41, 5.74) is 2.19. The fraction of sp³-hybridized carbons (Fsp3) is 0.118. The smallest absolute Gasteiger partial charge is 0.323 e. The molecule has 7 heteroatoms. The SMILES string of the molecule is O=C(O)CN1C(=O)CC(c2ccc(Cl)c(Cl)c2)=Nc2ccccc21. The van der Waals surface area contributed by atoms with E-state index in [1.54, 1.807) is 42.5 Å². The molecular weight excluding hydrogens is 351 g/mol. The number of amides is 1. The Morgan fingerprint density at radius 1 is 1.17 bits per heavy atom. The quantitative estimate of drug-likeness (QED) is 0.898. The van der Waals surface area contributed by atoms with Gasteiger partial charge in [-0.05, 0) is 29.8 Å². The predicted octanol–water partition coefficient (Wildman–Crippen LogP) is 3.94. The molecule has 0 saturated carbocycles. The number of para-hydroxylation sites is 2. The number of nitrogens with zero attached hydrogens (tertiary/aromatic N) is 2. The molecule has 0 radical (unpaired) electrons. The highest BCUT2D eigenvalue weighted by atomic mass is 35.5. The van der Waals surface area contributed by atoms with Gasteiger partial charge in [0.05, 0.1) is 33.6 Å². The highest BCUT2D eigenvalue weighted by Gasteiger charge is 2.26. The van der Waals surface area contributed by atoms with Crippen molar-refractivity contribution >= 4 is 52.2 Å². The zero-order chi connectivity index (χ0) is 17.3. The molecule has 2 aromatic carbocycles. The molecule has 5 nitrogen and oxygen atoms in total. The van der Waals surface area contributed by atoms with E-state index in [0.717, 1.165) is 0 Å². The average molecular weight is 363 g/mol. The molecule has 0 spiro atoms. The Bertz CT molecular complexity index is 865. The van der Waals surface area contributed by atoms with Crippen LogP contribution in [0.15, 0.2) is 47.5 Å². The summed E-state index contributed by atoms with van der Waals surface area (Å²) in [6.07, 6.45) is -0.0279. The van der Waals surface area contributed by atoms with E-state index in [1.165, 1.54) is 4.90 Å². The second-order valence-electron chi connectivity index (χ2n) is 5.23. The molecule has 0 saturated heterocycles. The second-order valence-corrected chi connectivity index (χ2v) is 6.04. The molecule has 122 valence electrons. The highest BCUT2D eigenvalue weighted by Crippen LogP contribution is 2.33. The Balaban J connectivity index is 2.09. The molecule has 1 aliphatic rings. The Labute approximate surface area is 148 Å². The van der Waals surface area contributed by atoms with Gasteiger partial charge in [-0.2, -0.15) is 0 Å². The number of rotatable bonds is 3. The summed E-state index contributed by atoms with van der Waals surface area (Å²) in [5, 5.41) is 9.86. The van der Waals surface area contributed by atoms with Gasteiger partial charge in [-0.15, -0.1) is 0 Å². The molecule has 0 aromatic heterocycles. The van der Waals surface area contributed by atoms with E-state index in [2.05, 4.69) is 4.99 Å². The monoisotopic (exact) mass is 362 g/mol. The van der Waals surface area contributed by atoms with Gasteiger partial charge in [0.2, 0.25) is 5.91 Å². The lowest BCUT2D eigenvalue weighted by atomic mass is 10.1. The number of benzene rings is 2. The molecule has 0 fully saturated rings. The summed E-state index contributed by atoms with van der Waals surface area (Å²) in [4.78, 5) is 29.5. The van der Waals surface area contributed by atoms with E-state index in [1.807, 2.05) is 0 Å². The lowest BCUT2D eigenvalue weighted by Crippen LogP contribution is -2.36. The first-order valence-corrected chi connectivity index (χ1v) is 7.85. The molecule has 24 heavy (non-hydrogen) atoms. The predicted molar refractivity (Wildman–Crippen MR) is 93.7 cm³/mol. The maximum atomic E-state index is 12.6. The van der Waals surface area contributed by atoms with Crippen LogP contribution in [0.2, 0.25) is 10.0 Å². The zero-order valence-electron chi connectivity index (χ0n) is 12.4. The fourth-order valence-corrected chi connectivity index (χ4v) is 2.79. The van der Waals surface area contributed by atoms with Gasteiger partial charge in [0.15, 0.2) is 0 Å². The van der Waals surface area contributed by atoms with E-state index in [0.29, 0.717) is 32.7 Å². The number of hydrogen-bond donors (Lipinski definition) is 1. The number of aliphatic imine (C=N–C) groups is 1. The van der Waals surface area contributed by atoms with Gasteiger partial charge >= 0.3 is 5.97 Å². The molecule has 0 atom stereocenters. The van der Waals surface area contributed by atoms with Gasteiger partial charge in [-0.25, -0.2) is 0 Å². The van der Waals surface area contributed by atoms with Gasteiger partial charge in [-0.1, -0.05) is 41.4 Å². The number of carboxylic acid groups (broad SMARTS) is 1. The lowest BCUT2D eigenvalue weighted by Gasteiger charge is -2.20. The molecule has 2 aromatic rings. The summed E-state index contributed by atoms with van der Waals surface area (Å²) < 4.78 is 0. The first-order chi connectivity index (χ1) is 11.5. The van der Waals surface area contributed by atoms with Crippen LogP contribution in [0, 0.1) is 0 Å². The van der Waals surface area contributed by atoms with Gasteiger partial charge in [0.1, 0.15) is 6.54 Å². The van der Waals surface area contributed by atoms with E-state index >= 15 is 0 Å². The van der Waals surface area contributed by atoms with Crippen LogP contribution in [0.1, 0.15) is 12.0 Å². The van der Waals surface area contributed by atoms with Crippen molar-refractivity contribution in [3.63, 3.8) is 0 Å². The van der Waals surface area contributed by atoms with Crippen LogP contribution in [0.3, 0.4) is 0 Å². The van der Waals surface area contributed by atoms with Crippen molar-refractivity contribution < 1.29 is 14.7 Å². The van der Waals surface area contributed by atoms with Crippen LogP contribution in [0.5, 0.6) is 0 Å². The van der Waals surface area contributed by atoms with E-state index in [4.69, 9.17) is 28.3 Å². The third kappa shape index (κ3) is 3.27. The van der Waals surface area contributed by atoms with Crippen LogP contribution in [0.4, 0.5) is 11.4 Å². The van der Waals surface area contributed by atoms with Crippen molar-refractivity contribution in [3.8, 4) is 0 Å². The largest absolute Gasteiger partial charge is 0.480 e. The van der Waals surface area contributed by atoms with Crippen LogP contribution in [0.25, 0.3) is 0 Å². The van der Waals surface area contributed by atoms with Gasteiger partial charge in [0, 0.05) is 0 Å². The number of halogens is 2.